The summed E-state index contributed by atoms with van der Waals surface area (Å²) in [5.41, 5.74) is 0.304. The molecule has 2 unspecified atom stereocenters. The summed E-state index contributed by atoms with van der Waals surface area (Å²) in [6, 6.07) is 0. The molecule has 0 aromatic heterocycles. The van der Waals surface area contributed by atoms with Crippen LogP contribution in [0.3, 0.4) is 0 Å². The summed E-state index contributed by atoms with van der Waals surface area (Å²) in [5.74, 6) is 2.80. The molecule has 0 radical (unpaired) electrons. The molecule has 3 rings (SSSR count). The van der Waals surface area contributed by atoms with Crippen molar-refractivity contribution in [1.29, 1.82) is 0 Å². The lowest BCUT2D eigenvalue weighted by Gasteiger charge is -2.25. The van der Waals surface area contributed by atoms with E-state index in [2.05, 4.69) is 16.5 Å². The predicted molar refractivity (Wildman–Crippen MR) is 99.5 cm³/mol. The number of sulfone groups is 1. The standard InChI is InChI=1S/C16H29N3O3S2/c1-23-8-5-17-15(18-10-14-2-9-24(20,21)11-14)19-6-3-16(12-19)4-7-22-13-16/h14H,2-13H2,1H3,(H,17,18). The molecular weight excluding hydrogens is 346 g/mol. The number of likely N-dealkylation sites (tertiary alicyclic amines) is 1. The van der Waals surface area contributed by atoms with Gasteiger partial charge in [-0.3, -0.25) is 4.99 Å². The van der Waals surface area contributed by atoms with E-state index in [1.54, 1.807) is 0 Å². The zero-order chi connectivity index (χ0) is 17.0. The molecule has 138 valence electrons. The average molecular weight is 376 g/mol. The summed E-state index contributed by atoms with van der Waals surface area (Å²) < 4.78 is 28.9. The number of nitrogens with one attached hydrogen (secondary N) is 1. The lowest BCUT2D eigenvalue weighted by atomic mass is 9.87. The van der Waals surface area contributed by atoms with Gasteiger partial charge in [0.1, 0.15) is 0 Å². The van der Waals surface area contributed by atoms with Crippen molar-refractivity contribution in [2.75, 3.05) is 62.9 Å². The highest BCUT2D eigenvalue weighted by Crippen LogP contribution is 2.38. The molecule has 6 nitrogen and oxygen atoms in total. The predicted octanol–water partition coefficient (Wildman–Crippen LogP) is 0.842. The summed E-state index contributed by atoms with van der Waals surface area (Å²) in [5, 5.41) is 3.48. The van der Waals surface area contributed by atoms with Gasteiger partial charge < -0.3 is 15.0 Å². The highest BCUT2D eigenvalue weighted by molar-refractivity contribution is 7.98. The summed E-state index contributed by atoms with van der Waals surface area (Å²) in [7, 11) is -2.82. The van der Waals surface area contributed by atoms with Crippen molar-refractivity contribution in [1.82, 2.24) is 10.2 Å². The minimum Gasteiger partial charge on any atom is -0.381 e. The molecule has 2 atom stereocenters. The third-order valence-electron chi connectivity index (χ3n) is 5.34. The molecule has 0 saturated carbocycles. The number of thioether (sulfide) groups is 1. The van der Waals surface area contributed by atoms with Gasteiger partial charge in [0.05, 0.1) is 18.1 Å². The van der Waals surface area contributed by atoms with Crippen LogP contribution in [0.15, 0.2) is 4.99 Å². The van der Waals surface area contributed by atoms with Crippen LogP contribution in [0.5, 0.6) is 0 Å². The molecule has 3 fully saturated rings. The molecule has 3 saturated heterocycles. The van der Waals surface area contributed by atoms with Crippen LogP contribution < -0.4 is 5.32 Å². The summed E-state index contributed by atoms with van der Waals surface area (Å²) in [6.07, 6.45) is 5.15. The Morgan fingerprint density at radius 1 is 1.46 bits per heavy atom. The van der Waals surface area contributed by atoms with Gasteiger partial charge >= 0.3 is 0 Å². The topological polar surface area (TPSA) is 71.0 Å². The van der Waals surface area contributed by atoms with Gasteiger partial charge in [-0.25, -0.2) is 8.42 Å². The molecule has 0 aromatic rings. The van der Waals surface area contributed by atoms with Crippen molar-refractivity contribution in [2.24, 2.45) is 16.3 Å². The molecule has 0 amide bonds. The molecule has 24 heavy (non-hydrogen) atoms. The first kappa shape index (κ1) is 18.3. The fraction of sp³-hybridized carbons (Fsp3) is 0.938. The second-order valence-electron chi connectivity index (χ2n) is 7.33. The maximum atomic E-state index is 11.6. The van der Waals surface area contributed by atoms with Crippen LogP contribution in [-0.4, -0.2) is 82.2 Å². The zero-order valence-electron chi connectivity index (χ0n) is 14.5. The van der Waals surface area contributed by atoms with Crippen molar-refractivity contribution in [2.45, 2.75) is 19.3 Å². The Morgan fingerprint density at radius 2 is 2.33 bits per heavy atom. The van der Waals surface area contributed by atoms with E-state index in [0.717, 1.165) is 63.8 Å². The lowest BCUT2D eigenvalue weighted by molar-refractivity contribution is 0.156. The van der Waals surface area contributed by atoms with Crippen molar-refractivity contribution in [3.63, 3.8) is 0 Å². The SMILES string of the molecule is CSCCNC(=NCC1CCS(=O)(=O)C1)N1CCC2(CCOC2)C1. The van der Waals surface area contributed by atoms with Gasteiger partial charge in [-0.1, -0.05) is 0 Å². The smallest absolute Gasteiger partial charge is 0.193 e. The van der Waals surface area contributed by atoms with E-state index < -0.39 is 9.84 Å². The number of aliphatic imine (C=N–C) groups is 1. The van der Waals surface area contributed by atoms with Crippen molar-refractivity contribution >= 4 is 27.6 Å². The Balaban J connectivity index is 1.61. The summed E-state index contributed by atoms with van der Waals surface area (Å²) in [4.78, 5) is 7.14. The minimum atomic E-state index is -2.82. The lowest BCUT2D eigenvalue weighted by Crippen LogP contribution is -2.42. The number of nitrogens with zero attached hydrogens (tertiary/aromatic N) is 2. The first-order valence-electron chi connectivity index (χ1n) is 8.82. The molecule has 0 bridgehead atoms. The Bertz CT molecular complexity index is 559. The first-order chi connectivity index (χ1) is 11.5. The highest BCUT2D eigenvalue weighted by Gasteiger charge is 2.42. The normalized spacial score (nSPS) is 32.8. The van der Waals surface area contributed by atoms with Crippen molar-refractivity contribution < 1.29 is 13.2 Å². The van der Waals surface area contributed by atoms with Gasteiger partial charge in [0, 0.05) is 44.0 Å². The fourth-order valence-corrected chi connectivity index (χ4v) is 6.01. The third kappa shape index (κ3) is 4.58. The van der Waals surface area contributed by atoms with Gasteiger partial charge in [-0.15, -0.1) is 0 Å². The Labute approximate surface area is 149 Å². The summed E-state index contributed by atoms with van der Waals surface area (Å²) >= 11 is 1.81. The second-order valence-corrected chi connectivity index (χ2v) is 10.5. The van der Waals surface area contributed by atoms with Crippen LogP contribution in [0.25, 0.3) is 0 Å². The van der Waals surface area contributed by atoms with Crippen LogP contribution in [-0.2, 0) is 14.6 Å². The monoisotopic (exact) mass is 375 g/mol. The van der Waals surface area contributed by atoms with Crippen LogP contribution >= 0.6 is 11.8 Å². The number of hydrogen-bond donors (Lipinski definition) is 1. The maximum absolute atomic E-state index is 11.6. The van der Waals surface area contributed by atoms with Gasteiger partial charge in [0.2, 0.25) is 0 Å². The number of ether oxygens (including phenoxy) is 1. The van der Waals surface area contributed by atoms with E-state index in [1.807, 2.05) is 11.8 Å². The molecule has 8 heteroatoms. The Kier molecular flexibility index (Phi) is 5.98. The van der Waals surface area contributed by atoms with Crippen molar-refractivity contribution in [3.05, 3.63) is 0 Å². The van der Waals surface area contributed by atoms with E-state index in [9.17, 15) is 8.42 Å². The largest absolute Gasteiger partial charge is 0.381 e. The van der Waals surface area contributed by atoms with Gasteiger partial charge in [0.15, 0.2) is 15.8 Å². The Hall–Kier alpha value is -0.470. The molecule has 0 aromatic carbocycles. The average Bonchev–Trinajstić information content (AvgIpc) is 3.25. The quantitative estimate of drug-likeness (QED) is 0.436. The second kappa shape index (κ2) is 7.83. The van der Waals surface area contributed by atoms with E-state index in [1.165, 1.54) is 0 Å². The van der Waals surface area contributed by atoms with Crippen LogP contribution in [0.1, 0.15) is 19.3 Å². The van der Waals surface area contributed by atoms with E-state index in [0.29, 0.717) is 23.5 Å². The van der Waals surface area contributed by atoms with Gasteiger partial charge in [-0.2, -0.15) is 11.8 Å². The van der Waals surface area contributed by atoms with E-state index >= 15 is 0 Å². The molecule has 1 N–H and O–H groups in total. The molecule has 0 aliphatic carbocycles. The van der Waals surface area contributed by atoms with Crippen molar-refractivity contribution in [3.8, 4) is 0 Å². The molecule has 3 aliphatic heterocycles. The van der Waals surface area contributed by atoms with Gasteiger partial charge in [-0.05, 0) is 31.4 Å². The molecular formula is C16H29N3O3S2. The van der Waals surface area contributed by atoms with Crippen LogP contribution in [0.4, 0.5) is 0 Å². The zero-order valence-corrected chi connectivity index (χ0v) is 16.1. The first-order valence-corrected chi connectivity index (χ1v) is 12.0. The van der Waals surface area contributed by atoms with E-state index in [-0.39, 0.29) is 5.92 Å². The maximum Gasteiger partial charge on any atom is 0.193 e. The molecule has 3 heterocycles. The number of rotatable bonds is 5. The highest BCUT2D eigenvalue weighted by atomic mass is 32.2. The van der Waals surface area contributed by atoms with Crippen LogP contribution in [0.2, 0.25) is 0 Å². The molecule has 1 spiro atoms. The number of hydrogen-bond acceptors (Lipinski definition) is 5. The van der Waals surface area contributed by atoms with E-state index in [4.69, 9.17) is 9.73 Å². The third-order valence-corrected chi connectivity index (χ3v) is 7.79. The fourth-order valence-electron chi connectivity index (χ4n) is 3.85. The summed E-state index contributed by atoms with van der Waals surface area (Å²) in [6.45, 7) is 5.25. The minimum absolute atomic E-state index is 0.179. The van der Waals surface area contributed by atoms with Crippen LogP contribution in [0, 0.1) is 11.3 Å². The van der Waals surface area contributed by atoms with Gasteiger partial charge in [0.25, 0.3) is 0 Å². The Morgan fingerprint density at radius 3 is 3.00 bits per heavy atom. The molecule has 3 aliphatic rings. The number of guanidine groups is 1.